The summed E-state index contributed by atoms with van der Waals surface area (Å²) in [4.78, 5) is 31.7. The summed E-state index contributed by atoms with van der Waals surface area (Å²) < 4.78 is 0. The molecule has 1 atom stereocenters. The van der Waals surface area contributed by atoms with Gasteiger partial charge in [0.1, 0.15) is 11.2 Å². The lowest BCUT2D eigenvalue weighted by molar-refractivity contribution is -0.131. The molecule has 0 radical (unpaired) electrons. The Balaban J connectivity index is 1.72. The van der Waals surface area contributed by atoms with Crippen LogP contribution >= 0.6 is 11.6 Å². The first-order chi connectivity index (χ1) is 10.6. The molecule has 2 amide bonds. The largest absolute Gasteiger partial charge is 0.354 e. The van der Waals surface area contributed by atoms with Crippen molar-refractivity contribution < 1.29 is 9.59 Å². The molecule has 1 aromatic rings. The highest BCUT2D eigenvalue weighted by molar-refractivity contribution is 6.30. The van der Waals surface area contributed by atoms with E-state index in [1.165, 1.54) is 0 Å². The molecule has 0 aliphatic carbocycles. The van der Waals surface area contributed by atoms with Gasteiger partial charge in [0.25, 0.3) is 0 Å². The number of anilines is 1. The van der Waals surface area contributed by atoms with Gasteiger partial charge in [0, 0.05) is 45.3 Å². The Labute approximate surface area is 135 Å². The van der Waals surface area contributed by atoms with E-state index in [0.29, 0.717) is 26.1 Å². The van der Waals surface area contributed by atoms with Gasteiger partial charge in [-0.2, -0.15) is 0 Å². The number of aromatic nitrogens is 1. The number of hydrogen-bond acceptors (Lipinski definition) is 4. The number of hydrogen-bond donors (Lipinski definition) is 1. The predicted octanol–water partition coefficient (Wildman–Crippen LogP) is 0.864. The van der Waals surface area contributed by atoms with Gasteiger partial charge < -0.3 is 15.1 Å². The summed E-state index contributed by atoms with van der Waals surface area (Å²) in [6.07, 6.45) is 2.08. The topological polar surface area (TPSA) is 65.5 Å². The van der Waals surface area contributed by atoms with Crippen molar-refractivity contribution in [2.24, 2.45) is 0 Å². The number of carbonyl (C=O) groups is 2. The minimum atomic E-state index is -0.572. The number of nitrogens with one attached hydrogen (secondary N) is 1. The van der Waals surface area contributed by atoms with Gasteiger partial charge in [0.2, 0.25) is 11.8 Å². The van der Waals surface area contributed by atoms with Gasteiger partial charge in [-0.25, -0.2) is 4.98 Å². The van der Waals surface area contributed by atoms with Crippen molar-refractivity contribution in [3.05, 3.63) is 24.4 Å². The van der Waals surface area contributed by atoms with Crippen molar-refractivity contribution in [2.45, 2.75) is 18.7 Å². The minimum absolute atomic E-state index is 0.0585. The van der Waals surface area contributed by atoms with Gasteiger partial charge in [0.05, 0.1) is 0 Å². The Hall–Kier alpha value is -1.82. The average Bonchev–Trinajstić information content (AvgIpc) is 2.55. The van der Waals surface area contributed by atoms with Crippen LogP contribution < -0.4 is 10.2 Å². The molecule has 2 rings (SSSR count). The van der Waals surface area contributed by atoms with Gasteiger partial charge in [-0.05, 0) is 19.1 Å². The molecule has 0 bridgehead atoms. The van der Waals surface area contributed by atoms with Crippen molar-refractivity contribution >= 4 is 29.2 Å². The maximum atomic E-state index is 12.1. The van der Waals surface area contributed by atoms with Crippen LogP contribution in [0.4, 0.5) is 5.82 Å². The predicted molar refractivity (Wildman–Crippen MR) is 86.0 cm³/mol. The first-order valence-electron chi connectivity index (χ1n) is 7.43. The van der Waals surface area contributed by atoms with Crippen LogP contribution in [0.5, 0.6) is 0 Å². The Bertz CT molecular complexity index is 502. The molecular formula is C15H21ClN4O2. The molecule has 7 heteroatoms. The molecule has 1 unspecified atom stereocenters. The van der Waals surface area contributed by atoms with Crippen LogP contribution in [0.25, 0.3) is 0 Å². The minimum Gasteiger partial charge on any atom is -0.354 e. The fourth-order valence-electron chi connectivity index (χ4n) is 2.32. The molecule has 1 aromatic heterocycles. The quantitative estimate of drug-likeness (QED) is 0.816. The molecule has 1 saturated heterocycles. The van der Waals surface area contributed by atoms with Crippen LogP contribution in [0.2, 0.25) is 0 Å². The standard InChI is InChI=1S/C15H21ClN4O2/c1-12(16)15(22)18-7-5-14(21)20-10-8-19(9-11-20)13-4-2-3-6-17-13/h2-4,6,12H,5,7-11H2,1H3,(H,18,22). The molecule has 6 nitrogen and oxygen atoms in total. The molecular weight excluding hydrogens is 304 g/mol. The normalized spacial score (nSPS) is 16.3. The van der Waals surface area contributed by atoms with Gasteiger partial charge >= 0.3 is 0 Å². The molecule has 22 heavy (non-hydrogen) atoms. The Morgan fingerprint density at radius 3 is 2.64 bits per heavy atom. The van der Waals surface area contributed by atoms with E-state index >= 15 is 0 Å². The van der Waals surface area contributed by atoms with Crippen LogP contribution in [0, 0.1) is 0 Å². The second kappa shape index (κ2) is 7.98. The zero-order valence-electron chi connectivity index (χ0n) is 12.7. The monoisotopic (exact) mass is 324 g/mol. The molecule has 1 aliphatic heterocycles. The lowest BCUT2D eigenvalue weighted by Crippen LogP contribution is -2.49. The van der Waals surface area contributed by atoms with Crippen LogP contribution in [-0.4, -0.2) is 59.8 Å². The summed E-state index contributed by atoms with van der Waals surface area (Å²) in [5, 5.41) is 2.08. The van der Waals surface area contributed by atoms with Crippen molar-refractivity contribution in [3.63, 3.8) is 0 Å². The molecule has 1 N–H and O–H groups in total. The molecule has 1 aliphatic rings. The summed E-state index contributed by atoms with van der Waals surface area (Å²) in [5.41, 5.74) is 0. The third-order valence-electron chi connectivity index (χ3n) is 3.61. The van der Waals surface area contributed by atoms with Crippen LogP contribution in [0.15, 0.2) is 24.4 Å². The van der Waals surface area contributed by atoms with Crippen molar-refractivity contribution in [1.29, 1.82) is 0 Å². The van der Waals surface area contributed by atoms with Crippen LogP contribution in [-0.2, 0) is 9.59 Å². The van der Waals surface area contributed by atoms with E-state index in [0.717, 1.165) is 18.9 Å². The van der Waals surface area contributed by atoms with Crippen molar-refractivity contribution in [1.82, 2.24) is 15.2 Å². The zero-order valence-corrected chi connectivity index (χ0v) is 13.4. The fraction of sp³-hybridized carbons (Fsp3) is 0.533. The SMILES string of the molecule is CC(Cl)C(=O)NCCC(=O)N1CCN(c2ccccn2)CC1. The summed E-state index contributed by atoms with van der Waals surface area (Å²) in [6.45, 7) is 4.83. The maximum Gasteiger partial charge on any atom is 0.237 e. The third kappa shape index (κ3) is 4.59. The van der Waals surface area contributed by atoms with E-state index < -0.39 is 5.38 Å². The molecule has 1 fully saturated rings. The molecule has 0 spiro atoms. The number of nitrogens with zero attached hydrogens (tertiary/aromatic N) is 3. The fourth-order valence-corrected chi connectivity index (χ4v) is 2.39. The first-order valence-corrected chi connectivity index (χ1v) is 7.87. The van der Waals surface area contributed by atoms with E-state index in [-0.39, 0.29) is 11.8 Å². The number of piperazine rings is 1. The lowest BCUT2D eigenvalue weighted by atomic mass is 10.2. The first kappa shape index (κ1) is 16.5. The van der Waals surface area contributed by atoms with Gasteiger partial charge in [-0.1, -0.05) is 6.07 Å². The average molecular weight is 325 g/mol. The maximum absolute atomic E-state index is 12.1. The lowest BCUT2D eigenvalue weighted by Gasteiger charge is -2.35. The van der Waals surface area contributed by atoms with Gasteiger partial charge in [-0.15, -0.1) is 11.6 Å². The Morgan fingerprint density at radius 1 is 1.32 bits per heavy atom. The summed E-state index contributed by atoms with van der Waals surface area (Å²) in [7, 11) is 0. The number of carbonyl (C=O) groups excluding carboxylic acids is 2. The molecule has 0 saturated carbocycles. The van der Waals surface area contributed by atoms with E-state index in [9.17, 15) is 9.59 Å². The molecule has 120 valence electrons. The zero-order chi connectivity index (χ0) is 15.9. The Morgan fingerprint density at radius 2 is 2.05 bits per heavy atom. The van der Waals surface area contributed by atoms with Crippen LogP contribution in [0.3, 0.4) is 0 Å². The van der Waals surface area contributed by atoms with E-state index in [1.807, 2.05) is 23.1 Å². The second-order valence-corrected chi connectivity index (χ2v) is 5.87. The summed E-state index contributed by atoms with van der Waals surface area (Å²) in [6, 6.07) is 5.82. The highest BCUT2D eigenvalue weighted by atomic mass is 35.5. The summed E-state index contributed by atoms with van der Waals surface area (Å²) >= 11 is 5.65. The second-order valence-electron chi connectivity index (χ2n) is 5.21. The third-order valence-corrected chi connectivity index (χ3v) is 3.80. The van der Waals surface area contributed by atoms with Gasteiger partial charge in [0.15, 0.2) is 0 Å². The highest BCUT2D eigenvalue weighted by Crippen LogP contribution is 2.12. The Kier molecular flexibility index (Phi) is 6.00. The highest BCUT2D eigenvalue weighted by Gasteiger charge is 2.21. The number of amides is 2. The number of rotatable bonds is 5. The van der Waals surface area contributed by atoms with E-state index in [2.05, 4.69) is 15.2 Å². The van der Waals surface area contributed by atoms with Gasteiger partial charge in [-0.3, -0.25) is 9.59 Å². The van der Waals surface area contributed by atoms with Crippen molar-refractivity contribution in [2.75, 3.05) is 37.6 Å². The summed E-state index contributed by atoms with van der Waals surface area (Å²) in [5.74, 6) is 0.760. The smallest absolute Gasteiger partial charge is 0.237 e. The van der Waals surface area contributed by atoms with Crippen LogP contribution in [0.1, 0.15) is 13.3 Å². The molecule has 0 aromatic carbocycles. The number of halogens is 1. The number of pyridine rings is 1. The van der Waals surface area contributed by atoms with E-state index in [4.69, 9.17) is 11.6 Å². The number of alkyl halides is 1. The van der Waals surface area contributed by atoms with Crippen molar-refractivity contribution in [3.8, 4) is 0 Å². The molecule has 2 heterocycles. The van der Waals surface area contributed by atoms with E-state index in [1.54, 1.807) is 13.1 Å².